The fourth-order valence-electron chi connectivity index (χ4n) is 2.67. The molecule has 2 aromatic carbocycles. The second kappa shape index (κ2) is 9.08. The van der Waals surface area contributed by atoms with Gasteiger partial charge >= 0.3 is 6.18 Å². The lowest BCUT2D eigenvalue weighted by Crippen LogP contribution is -2.38. The lowest BCUT2D eigenvalue weighted by atomic mass is 10.1. The summed E-state index contributed by atoms with van der Waals surface area (Å²) in [6.07, 6.45) is -4.75. The Kier molecular flexibility index (Phi) is 6.51. The molecular formula is C21H16F4N2O2S. The summed E-state index contributed by atoms with van der Waals surface area (Å²) in [4.78, 5) is 24.8. The monoisotopic (exact) mass is 436 g/mol. The maximum atomic E-state index is 13.4. The molecule has 1 aromatic heterocycles. The van der Waals surface area contributed by atoms with Gasteiger partial charge in [0.2, 0.25) is 0 Å². The van der Waals surface area contributed by atoms with E-state index in [1.54, 1.807) is 29.6 Å². The number of carbonyl (C=O) groups excluding carboxylic acids is 2. The van der Waals surface area contributed by atoms with Crippen LogP contribution in [0.25, 0.3) is 0 Å². The highest BCUT2D eigenvalue weighted by Gasteiger charge is 2.42. The summed E-state index contributed by atoms with van der Waals surface area (Å²) in [5.41, 5.74) is 0.437. The maximum absolute atomic E-state index is 13.4. The zero-order valence-corrected chi connectivity index (χ0v) is 16.2. The lowest BCUT2D eigenvalue weighted by Gasteiger charge is -2.22. The van der Waals surface area contributed by atoms with E-state index in [4.69, 9.17) is 0 Å². The van der Waals surface area contributed by atoms with Crippen LogP contribution in [0, 0.1) is 5.82 Å². The summed E-state index contributed by atoms with van der Waals surface area (Å²) >= 11 is 1.30. The van der Waals surface area contributed by atoms with Gasteiger partial charge in [-0.1, -0.05) is 30.3 Å². The van der Waals surface area contributed by atoms with Crippen LogP contribution >= 0.6 is 11.3 Å². The minimum absolute atomic E-state index is 0.0275. The van der Waals surface area contributed by atoms with Crippen LogP contribution in [0.4, 0.5) is 17.6 Å². The number of carbonyl (C=O) groups is 2. The largest absolute Gasteiger partial charge is 0.412 e. The molecule has 3 rings (SSSR count). The third-order valence-corrected chi connectivity index (χ3v) is 5.09. The van der Waals surface area contributed by atoms with Gasteiger partial charge in [-0.15, -0.1) is 11.3 Å². The first-order valence-electron chi connectivity index (χ1n) is 8.78. The van der Waals surface area contributed by atoms with E-state index in [2.05, 4.69) is 5.32 Å². The van der Waals surface area contributed by atoms with Gasteiger partial charge < -0.3 is 10.6 Å². The molecule has 0 bridgehead atoms. The molecule has 0 aliphatic carbocycles. The number of hydrogen-bond acceptors (Lipinski definition) is 3. The molecular weight excluding hydrogens is 420 g/mol. The molecule has 0 aliphatic rings. The summed E-state index contributed by atoms with van der Waals surface area (Å²) in [5, 5.41) is 6.44. The highest BCUT2D eigenvalue weighted by molar-refractivity contribution is 7.12. The normalized spacial score (nSPS) is 12.3. The van der Waals surface area contributed by atoms with Crippen LogP contribution in [0.15, 0.2) is 66.0 Å². The number of rotatable bonds is 6. The van der Waals surface area contributed by atoms with Crippen LogP contribution in [-0.2, 0) is 6.54 Å². The van der Waals surface area contributed by atoms with E-state index in [1.165, 1.54) is 23.5 Å². The van der Waals surface area contributed by atoms with E-state index in [-0.39, 0.29) is 23.6 Å². The Bertz CT molecular complexity index is 1000. The zero-order valence-electron chi connectivity index (χ0n) is 15.4. The first-order chi connectivity index (χ1) is 14.2. The van der Waals surface area contributed by atoms with Crippen LogP contribution in [0.5, 0.6) is 0 Å². The highest BCUT2D eigenvalue weighted by Crippen LogP contribution is 2.33. The van der Waals surface area contributed by atoms with Crippen molar-refractivity contribution in [3.63, 3.8) is 0 Å². The molecule has 1 unspecified atom stereocenters. The topological polar surface area (TPSA) is 58.2 Å². The predicted molar refractivity (Wildman–Crippen MR) is 105 cm³/mol. The van der Waals surface area contributed by atoms with Crippen molar-refractivity contribution in [2.75, 3.05) is 0 Å². The third kappa shape index (κ3) is 5.44. The van der Waals surface area contributed by atoms with E-state index < -0.39 is 23.9 Å². The minimum Gasteiger partial charge on any atom is -0.347 e. The molecule has 2 N–H and O–H groups in total. The van der Waals surface area contributed by atoms with Gasteiger partial charge in [-0.3, -0.25) is 9.59 Å². The molecule has 1 heterocycles. The van der Waals surface area contributed by atoms with Crippen LogP contribution in [0.1, 0.15) is 37.2 Å². The Morgan fingerprint density at radius 2 is 1.60 bits per heavy atom. The van der Waals surface area contributed by atoms with Gasteiger partial charge in [-0.2, -0.15) is 13.2 Å². The zero-order chi connectivity index (χ0) is 21.7. The molecule has 2 amide bonds. The summed E-state index contributed by atoms with van der Waals surface area (Å²) in [7, 11) is 0. The second-order valence-corrected chi connectivity index (χ2v) is 7.30. The standard InChI is InChI=1S/C21H16F4N2O2S/c22-16-9-7-14(8-10-16)18(21(23,24)25)27-19(28)15-5-3-13(4-6-15)12-26-20(29)17-2-1-11-30-17/h1-11,18H,12H2,(H,26,29)(H,27,28). The fraction of sp³-hybridized carbons (Fsp3) is 0.143. The molecule has 3 aromatic rings. The van der Waals surface area contributed by atoms with Gasteiger partial charge in [-0.05, 0) is 46.8 Å². The van der Waals surface area contributed by atoms with Gasteiger partial charge in [0.15, 0.2) is 6.04 Å². The Balaban J connectivity index is 1.65. The van der Waals surface area contributed by atoms with E-state index >= 15 is 0 Å². The molecule has 9 heteroatoms. The Morgan fingerprint density at radius 1 is 0.933 bits per heavy atom. The van der Waals surface area contributed by atoms with Gasteiger partial charge in [-0.25, -0.2) is 4.39 Å². The van der Waals surface area contributed by atoms with Crippen LogP contribution < -0.4 is 10.6 Å². The van der Waals surface area contributed by atoms with Crippen molar-refractivity contribution in [1.82, 2.24) is 10.6 Å². The lowest BCUT2D eigenvalue weighted by molar-refractivity contribution is -0.155. The van der Waals surface area contributed by atoms with Gasteiger partial charge in [0.1, 0.15) is 5.82 Å². The number of benzene rings is 2. The average Bonchev–Trinajstić information content (AvgIpc) is 3.25. The molecule has 1 atom stereocenters. The van der Waals surface area contributed by atoms with Crippen LogP contribution in [0.3, 0.4) is 0 Å². The van der Waals surface area contributed by atoms with Crippen molar-refractivity contribution < 1.29 is 27.2 Å². The number of alkyl halides is 3. The molecule has 0 saturated heterocycles. The van der Waals surface area contributed by atoms with Crippen molar-refractivity contribution in [2.24, 2.45) is 0 Å². The molecule has 0 saturated carbocycles. The van der Waals surface area contributed by atoms with E-state index in [1.807, 2.05) is 5.32 Å². The molecule has 0 radical (unpaired) electrons. The van der Waals surface area contributed by atoms with E-state index in [0.29, 0.717) is 10.4 Å². The van der Waals surface area contributed by atoms with E-state index in [9.17, 15) is 27.2 Å². The summed E-state index contributed by atoms with van der Waals surface area (Å²) in [6, 6.07) is 10.8. The third-order valence-electron chi connectivity index (χ3n) is 4.22. The number of halogens is 4. The number of amides is 2. The van der Waals surface area contributed by atoms with Gasteiger partial charge in [0, 0.05) is 12.1 Å². The summed E-state index contributed by atoms with van der Waals surface area (Å²) < 4.78 is 53.2. The Morgan fingerprint density at radius 3 is 2.17 bits per heavy atom. The molecule has 0 aliphatic heterocycles. The predicted octanol–water partition coefficient (Wildman–Crippen LogP) is 4.85. The maximum Gasteiger partial charge on any atom is 0.412 e. The average molecular weight is 436 g/mol. The van der Waals surface area contributed by atoms with E-state index in [0.717, 1.165) is 24.3 Å². The smallest absolute Gasteiger partial charge is 0.347 e. The number of thiophene rings is 1. The highest BCUT2D eigenvalue weighted by atomic mass is 32.1. The summed E-state index contributed by atoms with van der Waals surface area (Å²) in [6.45, 7) is 0.208. The van der Waals surface area contributed by atoms with Crippen molar-refractivity contribution >= 4 is 23.2 Å². The van der Waals surface area contributed by atoms with Crippen molar-refractivity contribution in [3.05, 3.63) is 93.4 Å². The molecule has 30 heavy (non-hydrogen) atoms. The molecule has 0 fully saturated rings. The molecule has 4 nitrogen and oxygen atoms in total. The van der Waals surface area contributed by atoms with Crippen molar-refractivity contribution in [1.29, 1.82) is 0 Å². The summed E-state index contributed by atoms with van der Waals surface area (Å²) in [5.74, 6) is -1.83. The first kappa shape index (κ1) is 21.5. The first-order valence-corrected chi connectivity index (χ1v) is 9.65. The molecule has 156 valence electrons. The minimum atomic E-state index is -4.75. The van der Waals surface area contributed by atoms with Crippen LogP contribution in [-0.4, -0.2) is 18.0 Å². The molecule has 0 spiro atoms. The van der Waals surface area contributed by atoms with Crippen LogP contribution in [0.2, 0.25) is 0 Å². The quantitative estimate of drug-likeness (QED) is 0.543. The van der Waals surface area contributed by atoms with Crippen molar-refractivity contribution in [2.45, 2.75) is 18.8 Å². The van der Waals surface area contributed by atoms with Gasteiger partial charge in [0.05, 0.1) is 4.88 Å². The Labute approximate surface area is 173 Å². The second-order valence-electron chi connectivity index (χ2n) is 6.36. The SMILES string of the molecule is O=C(NC(c1ccc(F)cc1)C(F)(F)F)c1ccc(CNC(=O)c2cccs2)cc1. The number of hydrogen-bond donors (Lipinski definition) is 2. The van der Waals surface area contributed by atoms with Crippen molar-refractivity contribution in [3.8, 4) is 0 Å². The fourth-order valence-corrected chi connectivity index (χ4v) is 3.32. The number of nitrogens with one attached hydrogen (secondary N) is 2. The Hall–Kier alpha value is -3.20. The van der Waals surface area contributed by atoms with Gasteiger partial charge in [0.25, 0.3) is 11.8 Å².